The van der Waals surface area contributed by atoms with E-state index in [1.165, 1.54) is 29.7 Å². The molecule has 1 amide bonds. The first-order valence-corrected chi connectivity index (χ1v) is 7.78. The molecule has 1 aromatic heterocycles. The fraction of sp³-hybridized carbons (Fsp3) is 0.643. The number of rotatable bonds is 2. The van der Waals surface area contributed by atoms with Gasteiger partial charge in [0, 0.05) is 24.0 Å². The second-order valence-electron chi connectivity index (χ2n) is 5.75. The lowest BCUT2D eigenvalue weighted by Gasteiger charge is -2.08. The predicted octanol–water partition coefficient (Wildman–Crippen LogP) is 1.57. The number of fused-ring (bicyclic) bond motifs is 2. The van der Waals surface area contributed by atoms with Gasteiger partial charge in [0.15, 0.2) is 0 Å². The molecule has 4 rings (SSSR count). The van der Waals surface area contributed by atoms with E-state index in [2.05, 4.69) is 16.7 Å². The maximum absolute atomic E-state index is 12.2. The van der Waals surface area contributed by atoms with Crippen LogP contribution in [0.1, 0.15) is 33.0 Å². The molecule has 2 atom stereocenters. The number of carbonyl (C=O) groups is 1. The predicted molar refractivity (Wildman–Crippen MR) is 72.1 cm³/mol. The van der Waals surface area contributed by atoms with E-state index in [0.29, 0.717) is 17.9 Å². The monoisotopic (exact) mass is 262 g/mol. The first-order chi connectivity index (χ1) is 8.83. The second kappa shape index (κ2) is 4.07. The summed E-state index contributed by atoms with van der Waals surface area (Å²) in [5.74, 6) is 1.56. The summed E-state index contributed by atoms with van der Waals surface area (Å²) in [7, 11) is 0. The Morgan fingerprint density at radius 2 is 2.06 bits per heavy atom. The Labute approximate surface area is 111 Å². The number of hydrogen-bond donors (Lipinski definition) is 2. The minimum absolute atomic E-state index is 0.161. The van der Waals surface area contributed by atoms with Gasteiger partial charge >= 0.3 is 0 Å². The average Bonchev–Trinajstić information content (AvgIpc) is 2.84. The third kappa shape index (κ3) is 1.70. The molecule has 0 aromatic carbocycles. The van der Waals surface area contributed by atoms with Crippen molar-refractivity contribution in [3.63, 3.8) is 0 Å². The molecule has 1 saturated carbocycles. The van der Waals surface area contributed by atoms with Crippen LogP contribution in [-0.2, 0) is 12.8 Å². The largest absolute Gasteiger partial charge is 0.348 e. The summed E-state index contributed by atoms with van der Waals surface area (Å²) in [5.41, 5.74) is 1.43. The van der Waals surface area contributed by atoms with E-state index in [1.807, 2.05) is 0 Å². The molecule has 0 bridgehead atoms. The van der Waals surface area contributed by atoms with Crippen molar-refractivity contribution in [2.75, 3.05) is 13.1 Å². The number of hydrogen-bond acceptors (Lipinski definition) is 3. The summed E-state index contributed by atoms with van der Waals surface area (Å²) in [6.07, 6.45) is 4.90. The van der Waals surface area contributed by atoms with Gasteiger partial charge in [-0.25, -0.2) is 0 Å². The molecule has 1 saturated heterocycles. The molecule has 3 aliphatic rings. The number of amides is 1. The first-order valence-electron chi connectivity index (χ1n) is 6.96. The molecular weight excluding hydrogens is 244 g/mol. The van der Waals surface area contributed by atoms with Gasteiger partial charge in [-0.3, -0.25) is 4.79 Å². The van der Waals surface area contributed by atoms with E-state index >= 15 is 0 Å². The van der Waals surface area contributed by atoms with Crippen LogP contribution in [0.15, 0.2) is 6.07 Å². The number of nitrogens with one attached hydrogen (secondary N) is 2. The Bertz CT molecular complexity index is 462. The van der Waals surface area contributed by atoms with Gasteiger partial charge in [0.05, 0.1) is 4.88 Å². The van der Waals surface area contributed by atoms with E-state index in [-0.39, 0.29) is 5.91 Å². The van der Waals surface area contributed by atoms with Crippen molar-refractivity contribution in [2.24, 2.45) is 11.8 Å². The maximum Gasteiger partial charge on any atom is 0.261 e. The van der Waals surface area contributed by atoms with Crippen LogP contribution in [0.3, 0.4) is 0 Å². The van der Waals surface area contributed by atoms with Crippen molar-refractivity contribution in [1.82, 2.24) is 10.6 Å². The van der Waals surface area contributed by atoms with Crippen LogP contribution in [0.2, 0.25) is 0 Å². The van der Waals surface area contributed by atoms with Crippen LogP contribution < -0.4 is 10.6 Å². The van der Waals surface area contributed by atoms with Gasteiger partial charge in [-0.15, -0.1) is 11.3 Å². The molecule has 4 heteroatoms. The quantitative estimate of drug-likeness (QED) is 0.849. The van der Waals surface area contributed by atoms with Crippen LogP contribution in [0.25, 0.3) is 0 Å². The van der Waals surface area contributed by atoms with E-state index < -0.39 is 0 Å². The smallest absolute Gasteiger partial charge is 0.261 e. The molecule has 2 aliphatic carbocycles. The normalized spacial score (nSPS) is 32.8. The molecule has 96 valence electrons. The van der Waals surface area contributed by atoms with E-state index in [1.54, 1.807) is 11.3 Å². The fourth-order valence-electron chi connectivity index (χ4n) is 3.46. The Balaban J connectivity index is 1.46. The SMILES string of the molecule is O=C(NC1C2CNCC21)c1cc2c(s1)CCCC2. The molecule has 2 N–H and O–H groups in total. The highest BCUT2D eigenvalue weighted by atomic mass is 32.1. The lowest BCUT2D eigenvalue weighted by atomic mass is 9.99. The Kier molecular flexibility index (Phi) is 2.49. The van der Waals surface area contributed by atoms with E-state index in [9.17, 15) is 4.79 Å². The van der Waals surface area contributed by atoms with Gasteiger partial charge in [0.25, 0.3) is 5.91 Å². The van der Waals surface area contributed by atoms with Crippen molar-refractivity contribution in [3.05, 3.63) is 21.4 Å². The highest BCUT2D eigenvalue weighted by molar-refractivity contribution is 7.14. The summed E-state index contributed by atoms with van der Waals surface area (Å²) >= 11 is 1.71. The zero-order valence-electron chi connectivity index (χ0n) is 10.4. The molecule has 0 radical (unpaired) electrons. The Morgan fingerprint density at radius 1 is 1.28 bits per heavy atom. The van der Waals surface area contributed by atoms with Crippen LogP contribution in [0.4, 0.5) is 0 Å². The third-order valence-corrected chi connectivity index (χ3v) is 5.85. The fourth-order valence-corrected chi connectivity index (χ4v) is 4.61. The summed E-state index contributed by atoms with van der Waals surface area (Å²) in [6.45, 7) is 2.16. The van der Waals surface area contributed by atoms with Gasteiger partial charge in [-0.2, -0.15) is 0 Å². The van der Waals surface area contributed by atoms with Gasteiger partial charge in [0.2, 0.25) is 0 Å². The highest BCUT2D eigenvalue weighted by Crippen LogP contribution is 2.42. The molecule has 1 aromatic rings. The summed E-state index contributed by atoms with van der Waals surface area (Å²) in [4.78, 5) is 14.6. The molecule has 18 heavy (non-hydrogen) atoms. The molecular formula is C14H18N2OS. The van der Waals surface area contributed by atoms with Crippen molar-refractivity contribution in [1.29, 1.82) is 0 Å². The molecule has 3 nitrogen and oxygen atoms in total. The highest BCUT2D eigenvalue weighted by Gasteiger charge is 2.53. The molecule has 2 unspecified atom stereocenters. The lowest BCUT2D eigenvalue weighted by Crippen LogP contribution is -2.32. The maximum atomic E-state index is 12.2. The summed E-state index contributed by atoms with van der Waals surface area (Å²) < 4.78 is 0. The van der Waals surface area contributed by atoms with Crippen LogP contribution in [0, 0.1) is 11.8 Å². The average molecular weight is 262 g/mol. The standard InChI is InChI=1S/C14H18N2OS/c17-14(16-13-9-6-15-7-10(9)13)12-5-8-3-1-2-4-11(8)18-12/h5,9-10,13,15H,1-4,6-7H2,(H,16,17). The van der Waals surface area contributed by atoms with Gasteiger partial charge in [-0.1, -0.05) is 0 Å². The Hall–Kier alpha value is -0.870. The number of piperidine rings is 1. The molecule has 2 heterocycles. The van der Waals surface area contributed by atoms with Crippen molar-refractivity contribution < 1.29 is 4.79 Å². The van der Waals surface area contributed by atoms with Crippen LogP contribution in [0.5, 0.6) is 0 Å². The van der Waals surface area contributed by atoms with Crippen LogP contribution >= 0.6 is 11.3 Å². The van der Waals surface area contributed by atoms with Crippen LogP contribution in [-0.4, -0.2) is 25.0 Å². The molecule has 0 spiro atoms. The lowest BCUT2D eigenvalue weighted by molar-refractivity contribution is 0.0950. The topological polar surface area (TPSA) is 41.1 Å². The summed E-state index contributed by atoms with van der Waals surface area (Å²) in [6, 6.07) is 2.57. The summed E-state index contributed by atoms with van der Waals surface area (Å²) in [5, 5.41) is 6.57. The van der Waals surface area contributed by atoms with Gasteiger partial charge < -0.3 is 10.6 Å². The zero-order chi connectivity index (χ0) is 12.1. The minimum atomic E-state index is 0.161. The second-order valence-corrected chi connectivity index (χ2v) is 6.89. The minimum Gasteiger partial charge on any atom is -0.348 e. The number of carbonyl (C=O) groups excluding carboxylic acids is 1. The zero-order valence-corrected chi connectivity index (χ0v) is 11.2. The number of aryl methyl sites for hydroxylation is 2. The Morgan fingerprint density at radius 3 is 2.83 bits per heavy atom. The van der Waals surface area contributed by atoms with Crippen molar-refractivity contribution in [2.45, 2.75) is 31.7 Å². The number of thiophene rings is 1. The third-order valence-electron chi connectivity index (χ3n) is 4.61. The first kappa shape index (κ1) is 11.0. The molecule has 1 aliphatic heterocycles. The van der Waals surface area contributed by atoms with Crippen molar-refractivity contribution >= 4 is 17.2 Å². The molecule has 2 fully saturated rings. The van der Waals surface area contributed by atoms with E-state index in [0.717, 1.165) is 24.4 Å². The van der Waals surface area contributed by atoms with E-state index in [4.69, 9.17) is 0 Å². The van der Waals surface area contributed by atoms with Crippen molar-refractivity contribution in [3.8, 4) is 0 Å². The van der Waals surface area contributed by atoms with Gasteiger partial charge in [-0.05, 0) is 49.1 Å². The van der Waals surface area contributed by atoms with Gasteiger partial charge in [0.1, 0.15) is 0 Å².